The zero-order valence-electron chi connectivity index (χ0n) is 11.3. The van der Waals surface area contributed by atoms with E-state index >= 15 is 0 Å². The molecule has 1 saturated heterocycles. The molecule has 0 saturated carbocycles. The Kier molecular flexibility index (Phi) is 4.77. The highest BCUT2D eigenvalue weighted by Gasteiger charge is 2.34. The molecule has 0 radical (unpaired) electrons. The van der Waals surface area contributed by atoms with Gasteiger partial charge in [-0.3, -0.25) is 0 Å². The number of hydrogen-bond acceptors (Lipinski definition) is 3. The highest BCUT2D eigenvalue weighted by atomic mass is 16.3. The van der Waals surface area contributed by atoms with E-state index in [1.54, 1.807) is 0 Å². The monoisotopic (exact) mass is 228 g/mol. The molecule has 1 rings (SSSR count). The maximum absolute atomic E-state index is 9.98. The van der Waals surface area contributed by atoms with Gasteiger partial charge in [-0.15, -0.1) is 0 Å². The van der Waals surface area contributed by atoms with E-state index in [4.69, 9.17) is 0 Å². The van der Waals surface area contributed by atoms with Gasteiger partial charge in [0.25, 0.3) is 0 Å². The Balaban J connectivity index is 2.14. The standard InChI is InChI=1S/C13H28N2O/c1-12(2,13(3,4)16)14-8-7-11-15-9-5-6-10-15/h14,16H,5-11H2,1-4H3. The van der Waals surface area contributed by atoms with Crippen LogP contribution in [0.4, 0.5) is 0 Å². The summed E-state index contributed by atoms with van der Waals surface area (Å²) in [5, 5.41) is 13.4. The second kappa shape index (κ2) is 5.48. The van der Waals surface area contributed by atoms with Crippen molar-refractivity contribution >= 4 is 0 Å². The van der Waals surface area contributed by atoms with Gasteiger partial charge >= 0.3 is 0 Å². The van der Waals surface area contributed by atoms with Gasteiger partial charge in [-0.05, 0) is 73.1 Å². The lowest BCUT2D eigenvalue weighted by Crippen LogP contribution is -2.56. The van der Waals surface area contributed by atoms with Gasteiger partial charge in [0.15, 0.2) is 0 Å². The lowest BCUT2D eigenvalue weighted by molar-refractivity contribution is -0.00456. The highest BCUT2D eigenvalue weighted by molar-refractivity contribution is 4.93. The molecule has 0 aliphatic carbocycles. The Morgan fingerprint density at radius 1 is 1.12 bits per heavy atom. The van der Waals surface area contributed by atoms with Crippen LogP contribution in [0.2, 0.25) is 0 Å². The molecule has 0 spiro atoms. The first-order valence-electron chi connectivity index (χ1n) is 6.53. The van der Waals surface area contributed by atoms with Crippen molar-refractivity contribution in [3.05, 3.63) is 0 Å². The van der Waals surface area contributed by atoms with E-state index in [0.717, 1.165) is 6.54 Å². The summed E-state index contributed by atoms with van der Waals surface area (Å²) < 4.78 is 0. The van der Waals surface area contributed by atoms with E-state index in [9.17, 15) is 5.11 Å². The number of likely N-dealkylation sites (tertiary alicyclic amines) is 1. The topological polar surface area (TPSA) is 35.5 Å². The molecule has 0 bridgehead atoms. The predicted molar refractivity (Wildman–Crippen MR) is 68.7 cm³/mol. The van der Waals surface area contributed by atoms with Crippen molar-refractivity contribution in [3.63, 3.8) is 0 Å². The summed E-state index contributed by atoms with van der Waals surface area (Å²) in [6.45, 7) is 12.6. The van der Waals surface area contributed by atoms with Crippen LogP contribution in [0, 0.1) is 0 Å². The molecular formula is C13H28N2O. The van der Waals surface area contributed by atoms with E-state index in [-0.39, 0.29) is 5.54 Å². The van der Waals surface area contributed by atoms with Crippen molar-refractivity contribution in [2.45, 2.75) is 58.1 Å². The van der Waals surface area contributed by atoms with Crippen LogP contribution in [0.25, 0.3) is 0 Å². The third-order valence-electron chi connectivity index (χ3n) is 3.95. The zero-order valence-corrected chi connectivity index (χ0v) is 11.3. The zero-order chi connectivity index (χ0) is 12.2. The average molecular weight is 228 g/mol. The third kappa shape index (κ3) is 4.04. The molecule has 0 unspecified atom stereocenters. The largest absolute Gasteiger partial charge is 0.389 e. The minimum Gasteiger partial charge on any atom is -0.389 e. The lowest BCUT2D eigenvalue weighted by Gasteiger charge is -2.38. The number of nitrogens with zero attached hydrogens (tertiary/aromatic N) is 1. The van der Waals surface area contributed by atoms with Crippen LogP contribution < -0.4 is 5.32 Å². The first-order valence-corrected chi connectivity index (χ1v) is 6.53. The van der Waals surface area contributed by atoms with Gasteiger partial charge in [-0.2, -0.15) is 0 Å². The maximum atomic E-state index is 9.98. The second-order valence-corrected chi connectivity index (χ2v) is 6.01. The average Bonchev–Trinajstić information content (AvgIpc) is 2.63. The summed E-state index contributed by atoms with van der Waals surface area (Å²) in [4.78, 5) is 2.53. The summed E-state index contributed by atoms with van der Waals surface area (Å²) >= 11 is 0. The predicted octanol–water partition coefficient (Wildman–Crippen LogP) is 1.61. The first-order chi connectivity index (χ1) is 7.33. The molecule has 0 aromatic rings. The molecule has 3 nitrogen and oxygen atoms in total. The van der Waals surface area contributed by atoms with E-state index in [0.29, 0.717) is 0 Å². The molecular weight excluding hydrogens is 200 g/mol. The molecule has 0 atom stereocenters. The van der Waals surface area contributed by atoms with Crippen molar-refractivity contribution < 1.29 is 5.11 Å². The molecule has 1 fully saturated rings. The van der Waals surface area contributed by atoms with Gasteiger partial charge in [0.2, 0.25) is 0 Å². The molecule has 1 heterocycles. The molecule has 0 aromatic carbocycles. The van der Waals surface area contributed by atoms with Crippen LogP contribution in [-0.4, -0.2) is 47.3 Å². The van der Waals surface area contributed by atoms with Gasteiger partial charge in [0.1, 0.15) is 0 Å². The van der Waals surface area contributed by atoms with E-state index in [1.165, 1.54) is 38.9 Å². The summed E-state index contributed by atoms with van der Waals surface area (Å²) in [6, 6.07) is 0. The minimum atomic E-state index is -0.680. The highest BCUT2D eigenvalue weighted by Crippen LogP contribution is 2.20. The van der Waals surface area contributed by atoms with Crippen molar-refractivity contribution in [1.82, 2.24) is 10.2 Å². The fourth-order valence-corrected chi connectivity index (χ4v) is 1.93. The molecule has 0 amide bonds. The van der Waals surface area contributed by atoms with Crippen molar-refractivity contribution in [3.8, 4) is 0 Å². The van der Waals surface area contributed by atoms with Gasteiger partial charge in [0, 0.05) is 5.54 Å². The summed E-state index contributed by atoms with van der Waals surface area (Å²) in [6.07, 6.45) is 3.89. The normalized spacial score (nSPS) is 19.3. The van der Waals surface area contributed by atoms with Crippen molar-refractivity contribution in [1.29, 1.82) is 0 Å². The van der Waals surface area contributed by atoms with Crippen LogP contribution in [0.1, 0.15) is 47.0 Å². The van der Waals surface area contributed by atoms with Crippen LogP contribution in [0.15, 0.2) is 0 Å². The number of hydrogen-bond donors (Lipinski definition) is 2. The van der Waals surface area contributed by atoms with E-state index in [2.05, 4.69) is 24.1 Å². The maximum Gasteiger partial charge on any atom is 0.0767 e. The Bertz CT molecular complexity index is 202. The smallest absolute Gasteiger partial charge is 0.0767 e. The van der Waals surface area contributed by atoms with Crippen LogP contribution in [0.5, 0.6) is 0 Å². The van der Waals surface area contributed by atoms with E-state index in [1.807, 2.05) is 13.8 Å². The van der Waals surface area contributed by atoms with Crippen LogP contribution in [-0.2, 0) is 0 Å². The summed E-state index contributed by atoms with van der Waals surface area (Å²) in [5.41, 5.74) is -0.904. The second-order valence-electron chi connectivity index (χ2n) is 6.01. The molecule has 3 heteroatoms. The van der Waals surface area contributed by atoms with Crippen LogP contribution >= 0.6 is 0 Å². The number of nitrogens with one attached hydrogen (secondary N) is 1. The Morgan fingerprint density at radius 3 is 2.19 bits per heavy atom. The fourth-order valence-electron chi connectivity index (χ4n) is 1.93. The molecule has 96 valence electrons. The molecule has 1 aliphatic heterocycles. The molecule has 2 N–H and O–H groups in total. The lowest BCUT2D eigenvalue weighted by atomic mass is 9.86. The molecule has 16 heavy (non-hydrogen) atoms. The summed E-state index contributed by atoms with van der Waals surface area (Å²) in [7, 11) is 0. The van der Waals surface area contributed by atoms with Crippen molar-refractivity contribution in [2.75, 3.05) is 26.2 Å². The Hall–Kier alpha value is -0.120. The molecule has 1 aliphatic rings. The Labute approximate surface area is 100 Å². The van der Waals surface area contributed by atoms with Gasteiger partial charge in [0.05, 0.1) is 5.60 Å². The number of aliphatic hydroxyl groups is 1. The number of rotatable bonds is 6. The van der Waals surface area contributed by atoms with E-state index < -0.39 is 5.60 Å². The fraction of sp³-hybridized carbons (Fsp3) is 1.00. The third-order valence-corrected chi connectivity index (χ3v) is 3.95. The Morgan fingerprint density at radius 2 is 1.69 bits per heavy atom. The van der Waals surface area contributed by atoms with Gasteiger partial charge in [-0.1, -0.05) is 0 Å². The minimum absolute atomic E-state index is 0.224. The van der Waals surface area contributed by atoms with Gasteiger partial charge in [-0.25, -0.2) is 0 Å². The quantitative estimate of drug-likeness (QED) is 0.678. The van der Waals surface area contributed by atoms with Gasteiger partial charge < -0.3 is 15.3 Å². The molecule has 0 aromatic heterocycles. The first kappa shape index (κ1) is 13.9. The van der Waals surface area contributed by atoms with Crippen molar-refractivity contribution in [2.24, 2.45) is 0 Å². The summed E-state index contributed by atoms with van der Waals surface area (Å²) in [5.74, 6) is 0. The van der Waals surface area contributed by atoms with Crippen LogP contribution in [0.3, 0.4) is 0 Å². The SMILES string of the molecule is CC(C)(O)C(C)(C)NCCCN1CCCC1.